The quantitative estimate of drug-likeness (QED) is 0.626. The van der Waals surface area contributed by atoms with Crippen molar-refractivity contribution in [3.63, 3.8) is 0 Å². The topological polar surface area (TPSA) is 78.0 Å². The molecule has 3 aliphatic rings. The van der Waals surface area contributed by atoms with Gasteiger partial charge in [-0.05, 0) is 51.4 Å². The molecule has 3 heterocycles. The van der Waals surface area contributed by atoms with Crippen molar-refractivity contribution in [3.8, 4) is 0 Å². The zero-order valence-electron chi connectivity index (χ0n) is 16.1. The van der Waals surface area contributed by atoms with Crippen LogP contribution in [0.3, 0.4) is 0 Å². The second-order valence-corrected chi connectivity index (χ2v) is 9.36. The summed E-state index contributed by atoms with van der Waals surface area (Å²) in [6.45, 7) is 5.52. The number of sulfonamides is 1. The summed E-state index contributed by atoms with van der Waals surface area (Å²) in [6.07, 6.45) is 7.86. The molecule has 0 bridgehead atoms. The molecule has 0 aromatic carbocycles. The van der Waals surface area contributed by atoms with Crippen LogP contribution in [-0.2, 0) is 19.6 Å². The van der Waals surface area contributed by atoms with E-state index in [9.17, 15) is 18.0 Å². The van der Waals surface area contributed by atoms with Crippen molar-refractivity contribution in [1.82, 2.24) is 14.1 Å². The summed E-state index contributed by atoms with van der Waals surface area (Å²) in [5.74, 6) is -0.823. The van der Waals surface area contributed by atoms with Crippen LogP contribution in [0.2, 0.25) is 0 Å². The highest BCUT2D eigenvalue weighted by Gasteiger charge is 2.53. The van der Waals surface area contributed by atoms with Crippen LogP contribution in [0.5, 0.6) is 0 Å². The molecule has 0 unspecified atom stereocenters. The van der Waals surface area contributed by atoms with Crippen LogP contribution < -0.4 is 0 Å². The van der Waals surface area contributed by atoms with Crippen LogP contribution in [0.4, 0.5) is 0 Å². The number of rotatable bonds is 7. The van der Waals surface area contributed by atoms with Gasteiger partial charge in [0.05, 0.1) is 23.9 Å². The summed E-state index contributed by atoms with van der Waals surface area (Å²) in [5, 5.41) is 0. The van der Waals surface area contributed by atoms with Crippen molar-refractivity contribution in [2.24, 2.45) is 5.92 Å². The maximum Gasteiger partial charge on any atom is 0.246 e. The number of amides is 2. The molecule has 0 aromatic rings. The maximum atomic E-state index is 12.8. The number of hydrogen-bond donors (Lipinski definition) is 0. The van der Waals surface area contributed by atoms with E-state index in [0.717, 1.165) is 43.0 Å². The molecule has 27 heavy (non-hydrogen) atoms. The molecule has 3 rings (SSSR count). The molecular formula is C18H30ClN3O4S. The highest BCUT2D eigenvalue weighted by molar-refractivity contribution is 7.89. The van der Waals surface area contributed by atoms with Gasteiger partial charge in [0.1, 0.15) is 0 Å². The lowest BCUT2D eigenvalue weighted by Crippen LogP contribution is -2.41. The number of fused-ring (bicyclic) bond motifs is 1. The van der Waals surface area contributed by atoms with Crippen LogP contribution >= 0.6 is 12.4 Å². The summed E-state index contributed by atoms with van der Waals surface area (Å²) in [4.78, 5) is 29.5. The van der Waals surface area contributed by atoms with Crippen molar-refractivity contribution >= 4 is 34.2 Å². The second kappa shape index (κ2) is 8.92. The van der Waals surface area contributed by atoms with E-state index in [1.165, 1.54) is 12.8 Å². The Hall–Kier alpha value is -1.12. The molecule has 3 aliphatic heterocycles. The molecule has 2 saturated heterocycles. The van der Waals surface area contributed by atoms with Crippen molar-refractivity contribution in [2.75, 3.05) is 32.4 Å². The van der Waals surface area contributed by atoms with E-state index in [-0.39, 0.29) is 24.2 Å². The minimum absolute atomic E-state index is 0. The third kappa shape index (κ3) is 4.49. The zero-order chi connectivity index (χ0) is 18.9. The Bertz CT molecular complexity index is 703. The van der Waals surface area contributed by atoms with Gasteiger partial charge >= 0.3 is 0 Å². The normalized spacial score (nSPS) is 25.6. The molecule has 154 valence electrons. The van der Waals surface area contributed by atoms with Gasteiger partial charge in [-0.2, -0.15) is 0 Å². The summed E-state index contributed by atoms with van der Waals surface area (Å²) in [6, 6.07) is -0.420. The van der Waals surface area contributed by atoms with Crippen molar-refractivity contribution in [1.29, 1.82) is 0 Å². The first-order chi connectivity index (χ1) is 12.3. The highest BCUT2D eigenvalue weighted by Crippen LogP contribution is 2.40. The lowest BCUT2D eigenvalue weighted by atomic mass is 9.96. The smallest absolute Gasteiger partial charge is 0.246 e. The molecule has 2 fully saturated rings. The van der Waals surface area contributed by atoms with Gasteiger partial charge in [0.25, 0.3) is 0 Å². The largest absolute Gasteiger partial charge is 0.330 e. The Balaban J connectivity index is 0.00000261. The molecule has 0 aromatic heterocycles. The first-order valence-electron chi connectivity index (χ1n) is 9.60. The Kier molecular flexibility index (Phi) is 7.33. The predicted octanol–water partition coefficient (Wildman–Crippen LogP) is 1.60. The molecule has 9 heteroatoms. The van der Waals surface area contributed by atoms with Gasteiger partial charge in [0, 0.05) is 13.0 Å². The van der Waals surface area contributed by atoms with Gasteiger partial charge in [0.2, 0.25) is 21.8 Å². The fourth-order valence-corrected chi connectivity index (χ4v) is 5.46. The van der Waals surface area contributed by atoms with Crippen LogP contribution in [0.25, 0.3) is 0 Å². The van der Waals surface area contributed by atoms with Gasteiger partial charge in [-0.3, -0.25) is 9.59 Å². The zero-order valence-corrected chi connectivity index (χ0v) is 17.7. The first-order valence-corrected chi connectivity index (χ1v) is 11.5. The Morgan fingerprint density at radius 3 is 2.52 bits per heavy atom. The average molecular weight is 420 g/mol. The second-order valence-electron chi connectivity index (χ2n) is 7.53. The van der Waals surface area contributed by atoms with E-state index in [2.05, 4.69) is 4.90 Å². The number of likely N-dealkylation sites (tertiary alicyclic amines) is 1. The predicted molar refractivity (Wildman–Crippen MR) is 106 cm³/mol. The van der Waals surface area contributed by atoms with E-state index in [1.807, 2.05) is 6.92 Å². The number of hydrogen-bond acceptors (Lipinski definition) is 5. The minimum atomic E-state index is -3.66. The van der Waals surface area contributed by atoms with E-state index < -0.39 is 22.0 Å². The lowest BCUT2D eigenvalue weighted by molar-refractivity contribution is -0.133. The Morgan fingerprint density at radius 2 is 1.93 bits per heavy atom. The average Bonchev–Trinajstić information content (AvgIpc) is 3.25. The molecular weight excluding hydrogens is 390 g/mol. The third-order valence-corrected chi connectivity index (χ3v) is 6.64. The monoisotopic (exact) mass is 419 g/mol. The standard InChI is InChI=1S/C18H29N3O4S.ClH/c1-3-7-14-17-15(21(18(14)23)26(2,24)25)9-13-20(17)16(22)8-6-12-19-10-4-5-11-19;/h9,14,17H,3-8,10-13H2,1-2H3;1H/t14-,17-;/m1./s1. The molecule has 0 aliphatic carbocycles. The van der Waals surface area contributed by atoms with Gasteiger partial charge in [-0.25, -0.2) is 12.7 Å². The van der Waals surface area contributed by atoms with Crippen LogP contribution in [0.1, 0.15) is 45.4 Å². The SMILES string of the molecule is CCC[C@H]1C(=O)N(S(C)(=O)=O)C2=CCN(C(=O)CCCN3CCCC3)[C@@H]21.Cl. The van der Waals surface area contributed by atoms with Crippen LogP contribution in [0.15, 0.2) is 11.8 Å². The van der Waals surface area contributed by atoms with Crippen molar-refractivity contribution in [3.05, 3.63) is 11.8 Å². The number of nitrogens with zero attached hydrogens (tertiary/aromatic N) is 3. The number of carbonyl (C=O) groups excluding carboxylic acids is 2. The number of halogens is 1. The first kappa shape index (κ1) is 22.2. The van der Waals surface area contributed by atoms with Crippen LogP contribution in [-0.4, -0.2) is 72.8 Å². The van der Waals surface area contributed by atoms with Gasteiger partial charge in [-0.1, -0.05) is 13.3 Å². The molecule has 0 radical (unpaired) electrons. The number of carbonyl (C=O) groups is 2. The molecule has 2 atom stereocenters. The van der Waals surface area contributed by atoms with Gasteiger partial charge < -0.3 is 9.80 Å². The van der Waals surface area contributed by atoms with E-state index in [1.54, 1.807) is 11.0 Å². The van der Waals surface area contributed by atoms with Gasteiger partial charge in [-0.15, -0.1) is 12.4 Å². The van der Waals surface area contributed by atoms with E-state index in [4.69, 9.17) is 0 Å². The molecule has 0 saturated carbocycles. The summed E-state index contributed by atoms with van der Waals surface area (Å²) >= 11 is 0. The van der Waals surface area contributed by atoms with E-state index >= 15 is 0 Å². The van der Waals surface area contributed by atoms with Crippen molar-refractivity contribution < 1.29 is 18.0 Å². The summed E-state index contributed by atoms with van der Waals surface area (Å²) in [7, 11) is -3.66. The van der Waals surface area contributed by atoms with Crippen molar-refractivity contribution in [2.45, 2.75) is 51.5 Å². The maximum absolute atomic E-state index is 12.8. The minimum Gasteiger partial charge on any atom is -0.330 e. The molecule has 2 amide bonds. The molecule has 0 spiro atoms. The Labute approximate surface area is 168 Å². The fourth-order valence-electron chi connectivity index (χ4n) is 4.43. The molecule has 7 nitrogen and oxygen atoms in total. The highest BCUT2D eigenvalue weighted by atomic mass is 35.5. The Morgan fingerprint density at radius 1 is 1.26 bits per heavy atom. The summed E-state index contributed by atoms with van der Waals surface area (Å²) in [5.41, 5.74) is 0.476. The van der Waals surface area contributed by atoms with Gasteiger partial charge in [0.15, 0.2) is 0 Å². The third-order valence-electron chi connectivity index (χ3n) is 5.58. The fraction of sp³-hybridized carbons (Fsp3) is 0.778. The van der Waals surface area contributed by atoms with E-state index in [0.29, 0.717) is 25.1 Å². The molecule has 0 N–H and O–H groups in total. The lowest BCUT2D eigenvalue weighted by Gasteiger charge is -2.27. The summed E-state index contributed by atoms with van der Waals surface area (Å²) < 4.78 is 25.1. The van der Waals surface area contributed by atoms with Crippen LogP contribution in [0, 0.1) is 5.92 Å².